The van der Waals surface area contributed by atoms with Gasteiger partial charge >= 0.3 is 0 Å². The van der Waals surface area contributed by atoms with E-state index < -0.39 is 15.6 Å². The Bertz CT molecular complexity index is 768. The van der Waals surface area contributed by atoms with Crippen LogP contribution in [0, 0.1) is 0 Å². The van der Waals surface area contributed by atoms with Crippen molar-refractivity contribution in [3.05, 3.63) is 91.0 Å². The van der Waals surface area contributed by atoms with Gasteiger partial charge in [-0.15, -0.1) is 0 Å². The number of unbranched alkanes of at least 4 members (excludes halogenated alkanes) is 1. The standard InChI is InChI=1S/C27H36OPSi/c1-4-5-24-30(2,3)28-22-15-23-29(25-16-9-6-10-17-25,26-18-11-7-12-19-26)27-20-13-8-14-21-27/h6-14,16-21H,4-5,15,22-24H2,1-3H3/q+1. The maximum Gasteiger partial charge on any atom is 0.186 e. The Labute approximate surface area is 185 Å². The smallest absolute Gasteiger partial charge is 0.186 e. The van der Waals surface area contributed by atoms with Gasteiger partial charge in [-0.25, -0.2) is 0 Å². The van der Waals surface area contributed by atoms with E-state index in [4.69, 9.17) is 4.43 Å². The van der Waals surface area contributed by atoms with Gasteiger partial charge in [0.2, 0.25) is 0 Å². The highest BCUT2D eigenvalue weighted by Gasteiger charge is 2.44. The van der Waals surface area contributed by atoms with E-state index in [1.807, 2.05) is 0 Å². The Morgan fingerprint density at radius 3 is 1.50 bits per heavy atom. The van der Waals surface area contributed by atoms with Gasteiger partial charge in [0.25, 0.3) is 0 Å². The fourth-order valence-corrected chi connectivity index (χ4v) is 10.6. The Balaban J connectivity index is 1.92. The summed E-state index contributed by atoms with van der Waals surface area (Å²) in [5.41, 5.74) is 0. The highest BCUT2D eigenvalue weighted by atomic mass is 31.2. The summed E-state index contributed by atoms with van der Waals surface area (Å²) in [4.78, 5) is 0. The normalized spacial score (nSPS) is 12.1. The predicted octanol–water partition coefficient (Wildman–Crippen LogP) is 6.39. The third-order valence-corrected chi connectivity index (χ3v) is 12.9. The highest BCUT2D eigenvalue weighted by Crippen LogP contribution is 2.55. The molecule has 0 amide bonds. The van der Waals surface area contributed by atoms with Gasteiger partial charge in [-0.3, -0.25) is 0 Å². The molecule has 3 heteroatoms. The average Bonchev–Trinajstić information content (AvgIpc) is 2.80. The molecular weight excluding hydrogens is 399 g/mol. The molecule has 0 saturated carbocycles. The molecule has 0 radical (unpaired) electrons. The minimum Gasteiger partial charge on any atom is -0.417 e. The molecule has 0 fully saturated rings. The zero-order valence-electron chi connectivity index (χ0n) is 18.8. The molecule has 0 saturated heterocycles. The van der Waals surface area contributed by atoms with Crippen molar-refractivity contribution in [1.29, 1.82) is 0 Å². The van der Waals surface area contributed by atoms with Crippen LogP contribution < -0.4 is 15.9 Å². The van der Waals surface area contributed by atoms with E-state index >= 15 is 0 Å². The molecule has 3 aromatic carbocycles. The largest absolute Gasteiger partial charge is 0.417 e. The zero-order chi connectivity index (χ0) is 21.3. The van der Waals surface area contributed by atoms with Crippen LogP contribution >= 0.6 is 7.26 Å². The fourth-order valence-electron chi connectivity index (χ4n) is 4.21. The van der Waals surface area contributed by atoms with Crippen molar-refractivity contribution in [2.45, 2.75) is 45.3 Å². The molecule has 0 unspecified atom stereocenters. The molecule has 0 atom stereocenters. The Hall–Kier alpha value is -1.73. The molecule has 0 aliphatic carbocycles. The van der Waals surface area contributed by atoms with Gasteiger partial charge < -0.3 is 4.43 Å². The van der Waals surface area contributed by atoms with Gasteiger partial charge in [0.05, 0.1) is 6.16 Å². The maximum absolute atomic E-state index is 6.49. The second-order valence-electron chi connectivity index (χ2n) is 8.61. The molecule has 0 bridgehead atoms. The topological polar surface area (TPSA) is 9.23 Å². The third kappa shape index (κ3) is 5.69. The lowest BCUT2D eigenvalue weighted by Gasteiger charge is -2.28. The van der Waals surface area contributed by atoms with Gasteiger partial charge in [0.1, 0.15) is 23.2 Å². The molecule has 30 heavy (non-hydrogen) atoms. The lowest BCUT2D eigenvalue weighted by molar-refractivity contribution is 0.306. The highest BCUT2D eigenvalue weighted by molar-refractivity contribution is 7.95. The lowest BCUT2D eigenvalue weighted by Crippen LogP contribution is -2.35. The van der Waals surface area contributed by atoms with Crippen LogP contribution in [0.5, 0.6) is 0 Å². The number of rotatable bonds is 11. The second kappa shape index (κ2) is 11.0. The summed E-state index contributed by atoms with van der Waals surface area (Å²) in [5.74, 6) is 0. The zero-order valence-corrected chi connectivity index (χ0v) is 20.7. The summed E-state index contributed by atoms with van der Waals surface area (Å²) in [6, 6.07) is 34.7. The first kappa shape index (κ1) is 22.9. The molecule has 0 aliphatic heterocycles. The molecule has 0 N–H and O–H groups in total. The van der Waals surface area contributed by atoms with E-state index in [1.165, 1.54) is 34.8 Å². The third-order valence-electron chi connectivity index (χ3n) is 5.85. The van der Waals surface area contributed by atoms with Crippen LogP contribution in [-0.4, -0.2) is 21.1 Å². The summed E-state index contributed by atoms with van der Waals surface area (Å²) >= 11 is 0. The molecule has 0 aromatic heterocycles. The SMILES string of the molecule is CCCC[Si](C)(C)OCCC[P+](c1ccccc1)(c1ccccc1)c1ccccc1. The summed E-state index contributed by atoms with van der Waals surface area (Å²) < 4.78 is 6.49. The van der Waals surface area contributed by atoms with Gasteiger partial charge in [-0.1, -0.05) is 74.4 Å². The first-order valence-corrected chi connectivity index (χ1v) is 16.4. The second-order valence-corrected chi connectivity index (χ2v) is 16.5. The van der Waals surface area contributed by atoms with Crippen molar-refractivity contribution < 1.29 is 4.43 Å². The quantitative estimate of drug-likeness (QED) is 0.193. The van der Waals surface area contributed by atoms with Crippen molar-refractivity contribution in [3.8, 4) is 0 Å². The monoisotopic (exact) mass is 435 g/mol. The van der Waals surface area contributed by atoms with E-state index in [9.17, 15) is 0 Å². The molecule has 0 heterocycles. The molecule has 158 valence electrons. The summed E-state index contributed by atoms with van der Waals surface area (Å²) in [6.07, 6.45) is 4.77. The lowest BCUT2D eigenvalue weighted by atomic mass is 10.4. The molecular formula is C27H36OPSi+. The van der Waals surface area contributed by atoms with Crippen LogP contribution in [-0.2, 0) is 4.43 Å². The van der Waals surface area contributed by atoms with Crippen LogP contribution in [0.15, 0.2) is 91.0 Å². The Kier molecular flexibility index (Phi) is 8.45. The van der Waals surface area contributed by atoms with Gasteiger partial charge in [-0.05, 0) is 55.5 Å². The van der Waals surface area contributed by atoms with E-state index in [1.54, 1.807) is 0 Å². The Morgan fingerprint density at radius 2 is 1.10 bits per heavy atom. The van der Waals surface area contributed by atoms with Gasteiger partial charge in [0, 0.05) is 13.0 Å². The van der Waals surface area contributed by atoms with Gasteiger partial charge in [-0.2, -0.15) is 0 Å². The van der Waals surface area contributed by atoms with E-state index in [2.05, 4.69) is 111 Å². The minimum absolute atomic E-state index is 0.872. The average molecular weight is 436 g/mol. The molecule has 1 nitrogen and oxygen atoms in total. The molecule has 3 rings (SSSR count). The summed E-state index contributed by atoms with van der Waals surface area (Å²) in [6.45, 7) is 7.88. The summed E-state index contributed by atoms with van der Waals surface area (Å²) in [5, 5.41) is 4.39. The number of hydrogen-bond acceptors (Lipinski definition) is 1. The van der Waals surface area contributed by atoms with E-state index in [0.717, 1.165) is 19.2 Å². The van der Waals surface area contributed by atoms with Crippen LogP contribution in [0.3, 0.4) is 0 Å². The van der Waals surface area contributed by atoms with Crippen molar-refractivity contribution in [2.24, 2.45) is 0 Å². The van der Waals surface area contributed by atoms with Crippen molar-refractivity contribution in [1.82, 2.24) is 0 Å². The molecule has 3 aromatic rings. The minimum atomic E-state index is -1.72. The van der Waals surface area contributed by atoms with Crippen molar-refractivity contribution >= 4 is 31.5 Å². The Morgan fingerprint density at radius 1 is 0.667 bits per heavy atom. The first-order chi connectivity index (χ1) is 14.6. The summed E-state index contributed by atoms with van der Waals surface area (Å²) in [7, 11) is -3.27. The first-order valence-electron chi connectivity index (χ1n) is 11.3. The molecule has 0 spiro atoms. The van der Waals surface area contributed by atoms with Crippen molar-refractivity contribution in [2.75, 3.05) is 12.8 Å². The van der Waals surface area contributed by atoms with Crippen LogP contribution in [0.1, 0.15) is 26.2 Å². The molecule has 0 aliphatic rings. The van der Waals surface area contributed by atoms with Crippen LogP contribution in [0.25, 0.3) is 0 Å². The number of benzene rings is 3. The van der Waals surface area contributed by atoms with Crippen molar-refractivity contribution in [3.63, 3.8) is 0 Å². The fraction of sp³-hybridized carbons (Fsp3) is 0.333. The van der Waals surface area contributed by atoms with Crippen LogP contribution in [0.2, 0.25) is 19.1 Å². The van der Waals surface area contributed by atoms with Crippen LogP contribution in [0.4, 0.5) is 0 Å². The van der Waals surface area contributed by atoms with E-state index in [0.29, 0.717) is 0 Å². The van der Waals surface area contributed by atoms with Gasteiger partial charge in [0.15, 0.2) is 8.32 Å². The number of hydrogen-bond donors (Lipinski definition) is 0. The predicted molar refractivity (Wildman–Crippen MR) is 138 cm³/mol. The maximum atomic E-state index is 6.49. The van der Waals surface area contributed by atoms with E-state index in [-0.39, 0.29) is 0 Å².